The van der Waals surface area contributed by atoms with E-state index in [0.717, 1.165) is 11.3 Å². The van der Waals surface area contributed by atoms with Crippen LogP contribution >= 0.6 is 0 Å². The Hall–Kier alpha value is -2.10. The summed E-state index contributed by atoms with van der Waals surface area (Å²) in [6, 6.07) is 7.12. The molecule has 1 atom stereocenters. The quantitative estimate of drug-likeness (QED) is 0.846. The standard InChI is InChI=1S/C15H18N2O2/c1-3-4-9-14(18)17-10-12-7-5-6-8-13(12)16-15(19)11(17)2/h3,5-8,11H,1,4,9-10H2,2H3,(H,16,19). The predicted octanol–water partition coefficient (Wildman–Crippen LogP) is 2.32. The van der Waals surface area contributed by atoms with E-state index in [1.54, 1.807) is 17.9 Å². The van der Waals surface area contributed by atoms with Gasteiger partial charge in [0.15, 0.2) is 0 Å². The minimum absolute atomic E-state index is 0.0146. The minimum Gasteiger partial charge on any atom is -0.327 e. The second kappa shape index (κ2) is 5.69. The molecule has 0 saturated carbocycles. The van der Waals surface area contributed by atoms with Crippen LogP contribution in [-0.2, 0) is 16.1 Å². The molecule has 1 N–H and O–H groups in total. The fraction of sp³-hybridized carbons (Fsp3) is 0.333. The van der Waals surface area contributed by atoms with Crippen molar-refractivity contribution in [1.29, 1.82) is 0 Å². The summed E-state index contributed by atoms with van der Waals surface area (Å²) in [6.45, 7) is 5.84. The summed E-state index contributed by atoms with van der Waals surface area (Å²) in [5.74, 6) is -0.156. The largest absolute Gasteiger partial charge is 0.327 e. The summed E-state index contributed by atoms with van der Waals surface area (Å²) in [7, 11) is 0. The first-order valence-corrected chi connectivity index (χ1v) is 6.42. The molecule has 1 aliphatic heterocycles. The molecule has 19 heavy (non-hydrogen) atoms. The molecule has 2 amide bonds. The summed E-state index contributed by atoms with van der Waals surface area (Å²) in [5, 5.41) is 2.86. The maximum Gasteiger partial charge on any atom is 0.246 e. The molecule has 0 aromatic heterocycles. The highest BCUT2D eigenvalue weighted by atomic mass is 16.2. The lowest BCUT2D eigenvalue weighted by atomic mass is 10.1. The molecule has 1 aliphatic rings. The van der Waals surface area contributed by atoms with Crippen molar-refractivity contribution in [3.05, 3.63) is 42.5 Å². The number of nitrogens with zero attached hydrogens (tertiary/aromatic N) is 1. The number of hydrogen-bond donors (Lipinski definition) is 1. The molecule has 0 aliphatic carbocycles. The van der Waals surface area contributed by atoms with Crippen LogP contribution in [-0.4, -0.2) is 22.8 Å². The number of carbonyl (C=O) groups is 2. The highest BCUT2D eigenvalue weighted by molar-refractivity contribution is 5.98. The molecule has 2 rings (SSSR count). The highest BCUT2D eigenvalue weighted by Crippen LogP contribution is 2.23. The van der Waals surface area contributed by atoms with Gasteiger partial charge in [-0.15, -0.1) is 6.58 Å². The number of carbonyl (C=O) groups excluding carboxylic acids is 2. The van der Waals surface area contributed by atoms with Crippen molar-refractivity contribution in [2.24, 2.45) is 0 Å². The van der Waals surface area contributed by atoms with E-state index in [9.17, 15) is 9.59 Å². The Morgan fingerprint density at radius 1 is 1.53 bits per heavy atom. The lowest BCUT2D eigenvalue weighted by Crippen LogP contribution is -2.43. The number of amides is 2. The smallest absolute Gasteiger partial charge is 0.246 e. The molecule has 1 aromatic rings. The van der Waals surface area contributed by atoms with Crippen molar-refractivity contribution in [1.82, 2.24) is 4.90 Å². The van der Waals surface area contributed by atoms with E-state index in [1.807, 2.05) is 24.3 Å². The normalized spacial score (nSPS) is 18.3. The third-order valence-corrected chi connectivity index (χ3v) is 3.35. The summed E-state index contributed by atoms with van der Waals surface area (Å²) >= 11 is 0. The van der Waals surface area contributed by atoms with Crippen molar-refractivity contribution < 1.29 is 9.59 Å². The molecular formula is C15H18N2O2. The van der Waals surface area contributed by atoms with Crippen LogP contribution in [0.15, 0.2) is 36.9 Å². The van der Waals surface area contributed by atoms with Gasteiger partial charge in [-0.2, -0.15) is 0 Å². The Labute approximate surface area is 113 Å². The molecule has 0 spiro atoms. The molecule has 4 nitrogen and oxygen atoms in total. The molecule has 0 saturated heterocycles. The van der Waals surface area contributed by atoms with E-state index in [0.29, 0.717) is 19.4 Å². The average Bonchev–Trinajstić information content (AvgIpc) is 2.54. The van der Waals surface area contributed by atoms with Crippen LogP contribution in [0.2, 0.25) is 0 Å². The van der Waals surface area contributed by atoms with Crippen LogP contribution in [0.5, 0.6) is 0 Å². The van der Waals surface area contributed by atoms with E-state index in [2.05, 4.69) is 11.9 Å². The van der Waals surface area contributed by atoms with Crippen LogP contribution in [0.1, 0.15) is 25.3 Å². The van der Waals surface area contributed by atoms with Crippen LogP contribution in [0.3, 0.4) is 0 Å². The van der Waals surface area contributed by atoms with E-state index >= 15 is 0 Å². The summed E-state index contributed by atoms with van der Waals surface area (Å²) in [4.78, 5) is 25.8. The van der Waals surface area contributed by atoms with Gasteiger partial charge in [-0.1, -0.05) is 24.3 Å². The van der Waals surface area contributed by atoms with E-state index in [1.165, 1.54) is 0 Å². The zero-order valence-corrected chi connectivity index (χ0v) is 11.1. The number of benzene rings is 1. The maximum atomic E-state index is 12.2. The number of rotatable bonds is 3. The van der Waals surface area contributed by atoms with Crippen molar-refractivity contribution in [3.63, 3.8) is 0 Å². The zero-order valence-electron chi connectivity index (χ0n) is 11.1. The first-order valence-electron chi connectivity index (χ1n) is 6.42. The number of para-hydroxylation sites is 1. The van der Waals surface area contributed by atoms with Crippen LogP contribution in [0, 0.1) is 0 Å². The highest BCUT2D eigenvalue weighted by Gasteiger charge is 2.29. The van der Waals surface area contributed by atoms with Crippen molar-refractivity contribution in [3.8, 4) is 0 Å². The minimum atomic E-state index is -0.454. The molecule has 1 aromatic carbocycles. The molecular weight excluding hydrogens is 240 g/mol. The number of fused-ring (bicyclic) bond motifs is 1. The molecule has 1 unspecified atom stereocenters. The van der Waals surface area contributed by atoms with E-state index in [4.69, 9.17) is 0 Å². The summed E-state index contributed by atoms with van der Waals surface area (Å²) < 4.78 is 0. The lowest BCUT2D eigenvalue weighted by molar-refractivity contribution is -0.138. The number of nitrogens with one attached hydrogen (secondary N) is 1. The SMILES string of the molecule is C=CCCC(=O)N1Cc2ccccc2NC(=O)C1C. The molecule has 0 fully saturated rings. The second-order valence-electron chi connectivity index (χ2n) is 4.67. The summed E-state index contributed by atoms with van der Waals surface area (Å²) in [5.41, 5.74) is 1.76. The zero-order chi connectivity index (χ0) is 13.8. The molecule has 0 bridgehead atoms. The molecule has 100 valence electrons. The Morgan fingerprint density at radius 3 is 3.00 bits per heavy atom. The average molecular weight is 258 g/mol. The maximum absolute atomic E-state index is 12.2. The lowest BCUT2D eigenvalue weighted by Gasteiger charge is -2.25. The van der Waals surface area contributed by atoms with Crippen LogP contribution < -0.4 is 5.32 Å². The van der Waals surface area contributed by atoms with Gasteiger partial charge in [0.25, 0.3) is 0 Å². The predicted molar refractivity (Wildman–Crippen MR) is 74.5 cm³/mol. The topological polar surface area (TPSA) is 49.4 Å². The number of hydrogen-bond acceptors (Lipinski definition) is 2. The Bertz CT molecular complexity index is 511. The Kier molecular flexibility index (Phi) is 4.00. The van der Waals surface area contributed by atoms with E-state index in [-0.39, 0.29) is 11.8 Å². The van der Waals surface area contributed by atoms with E-state index < -0.39 is 6.04 Å². The van der Waals surface area contributed by atoms with Gasteiger partial charge in [0.1, 0.15) is 6.04 Å². The molecule has 4 heteroatoms. The van der Waals surface area contributed by atoms with Gasteiger partial charge in [-0.3, -0.25) is 9.59 Å². The van der Waals surface area contributed by atoms with Crippen LogP contribution in [0.25, 0.3) is 0 Å². The molecule has 1 heterocycles. The fourth-order valence-electron chi connectivity index (χ4n) is 2.15. The van der Waals surface area contributed by atoms with Gasteiger partial charge >= 0.3 is 0 Å². The van der Waals surface area contributed by atoms with Gasteiger partial charge in [0.05, 0.1) is 0 Å². The van der Waals surface area contributed by atoms with Gasteiger partial charge < -0.3 is 10.2 Å². The Morgan fingerprint density at radius 2 is 2.26 bits per heavy atom. The van der Waals surface area contributed by atoms with Crippen LogP contribution in [0.4, 0.5) is 5.69 Å². The first kappa shape index (κ1) is 13.3. The van der Waals surface area contributed by atoms with Crippen molar-refractivity contribution in [2.45, 2.75) is 32.4 Å². The van der Waals surface area contributed by atoms with Gasteiger partial charge in [-0.05, 0) is 25.0 Å². The van der Waals surface area contributed by atoms with Gasteiger partial charge in [-0.25, -0.2) is 0 Å². The Balaban J connectivity index is 2.26. The third kappa shape index (κ3) is 2.84. The molecule has 0 radical (unpaired) electrons. The van der Waals surface area contributed by atoms with Crippen molar-refractivity contribution in [2.75, 3.05) is 5.32 Å². The number of allylic oxidation sites excluding steroid dienone is 1. The van der Waals surface area contributed by atoms with Crippen molar-refractivity contribution >= 4 is 17.5 Å². The number of anilines is 1. The first-order chi connectivity index (χ1) is 9.13. The third-order valence-electron chi connectivity index (χ3n) is 3.35. The summed E-state index contributed by atoms with van der Waals surface area (Å²) in [6.07, 6.45) is 2.74. The van der Waals surface area contributed by atoms with Gasteiger partial charge in [0, 0.05) is 18.7 Å². The monoisotopic (exact) mass is 258 g/mol. The fourth-order valence-corrected chi connectivity index (χ4v) is 2.15. The van der Waals surface area contributed by atoms with Gasteiger partial charge in [0.2, 0.25) is 11.8 Å². The second-order valence-corrected chi connectivity index (χ2v) is 4.67.